The summed E-state index contributed by atoms with van der Waals surface area (Å²) in [6.07, 6.45) is 40.2. The van der Waals surface area contributed by atoms with E-state index in [1.54, 1.807) is 0 Å². The summed E-state index contributed by atoms with van der Waals surface area (Å²) < 4.78 is 18.1. The molecule has 2 rings (SSSR count). The van der Waals surface area contributed by atoms with E-state index in [4.69, 9.17) is 14.2 Å². The van der Waals surface area contributed by atoms with Crippen LogP contribution < -0.4 is 0 Å². The van der Waals surface area contributed by atoms with Gasteiger partial charge in [-0.15, -0.1) is 0 Å². The summed E-state index contributed by atoms with van der Waals surface area (Å²) in [6.45, 7) is 11.3. The lowest BCUT2D eigenvalue weighted by molar-refractivity contribution is -0.0468. The Morgan fingerprint density at radius 2 is 0.674 bits per heavy atom. The summed E-state index contributed by atoms with van der Waals surface area (Å²) in [7, 11) is 0. The van der Waals surface area contributed by atoms with Crippen LogP contribution in [-0.4, -0.2) is 37.6 Å². The second kappa shape index (κ2) is 27.0. The Morgan fingerprint density at radius 1 is 0.419 bits per heavy atom. The SMILES string of the molecule is CCCCC(C)CCCCCCCCCCCC(OC(CCCCCCCCCCCC(C)CCCC)C1CO1)C1CO1. The molecule has 43 heavy (non-hydrogen) atoms. The third-order valence-corrected chi connectivity index (χ3v) is 10.4. The molecule has 0 N–H and O–H groups in total. The smallest absolute Gasteiger partial charge is 0.107 e. The van der Waals surface area contributed by atoms with E-state index in [-0.39, 0.29) is 0 Å². The number of unbranched alkanes of at least 4 members (excludes halogenated alkanes) is 18. The monoisotopic (exact) mass is 607 g/mol. The molecule has 2 fully saturated rings. The number of ether oxygens (including phenoxy) is 3. The molecular formula is C40H78O3. The van der Waals surface area contributed by atoms with Crippen LogP contribution in [0.25, 0.3) is 0 Å². The standard InChI is InChI=1S/C40H78O3/c1-5-7-27-35(3)29-23-19-15-11-9-13-17-21-25-31-37(39-33-41-39)43-38(40-34-42-40)32-26-22-18-14-10-12-16-20-24-30-36(4)28-8-6-2/h35-40H,5-34H2,1-4H3. The zero-order valence-electron chi connectivity index (χ0n) is 29.9. The summed E-state index contributed by atoms with van der Waals surface area (Å²) in [5.41, 5.74) is 0. The molecule has 6 atom stereocenters. The van der Waals surface area contributed by atoms with Gasteiger partial charge in [0.05, 0.1) is 25.4 Å². The van der Waals surface area contributed by atoms with Crippen LogP contribution in [0.5, 0.6) is 0 Å². The van der Waals surface area contributed by atoms with Crippen LogP contribution in [0.3, 0.4) is 0 Å². The maximum atomic E-state index is 6.69. The maximum absolute atomic E-state index is 6.69. The van der Waals surface area contributed by atoms with E-state index >= 15 is 0 Å². The van der Waals surface area contributed by atoms with Crippen molar-refractivity contribution in [2.45, 2.75) is 232 Å². The van der Waals surface area contributed by atoms with Crippen molar-refractivity contribution in [3.8, 4) is 0 Å². The molecule has 0 aromatic rings. The van der Waals surface area contributed by atoms with E-state index in [9.17, 15) is 0 Å². The van der Waals surface area contributed by atoms with Crippen LogP contribution in [0.15, 0.2) is 0 Å². The zero-order chi connectivity index (χ0) is 30.8. The Kier molecular flexibility index (Phi) is 24.6. The normalized spacial score (nSPS) is 20.7. The van der Waals surface area contributed by atoms with Crippen LogP contribution in [0.4, 0.5) is 0 Å². The Bertz CT molecular complexity index is 536. The molecule has 0 aromatic carbocycles. The highest BCUT2D eigenvalue weighted by molar-refractivity contribution is 4.86. The van der Waals surface area contributed by atoms with E-state index in [1.807, 2.05) is 0 Å². The number of hydrogen-bond donors (Lipinski definition) is 0. The van der Waals surface area contributed by atoms with Crippen LogP contribution in [-0.2, 0) is 14.2 Å². The van der Waals surface area contributed by atoms with Crippen molar-refractivity contribution in [2.75, 3.05) is 13.2 Å². The molecule has 0 aromatic heterocycles. The molecule has 0 spiro atoms. The van der Waals surface area contributed by atoms with Crippen molar-refractivity contribution in [3.63, 3.8) is 0 Å². The van der Waals surface area contributed by atoms with Gasteiger partial charge in [0.2, 0.25) is 0 Å². The fraction of sp³-hybridized carbons (Fsp3) is 1.00. The minimum absolute atomic E-state index is 0.295. The molecular weight excluding hydrogens is 528 g/mol. The summed E-state index contributed by atoms with van der Waals surface area (Å²) in [6, 6.07) is 0. The van der Waals surface area contributed by atoms with Crippen molar-refractivity contribution < 1.29 is 14.2 Å². The van der Waals surface area contributed by atoms with Crippen molar-refractivity contribution in [1.29, 1.82) is 0 Å². The fourth-order valence-electron chi connectivity index (χ4n) is 6.99. The van der Waals surface area contributed by atoms with Gasteiger partial charge in [-0.05, 0) is 24.7 Å². The average molecular weight is 607 g/mol. The van der Waals surface area contributed by atoms with Gasteiger partial charge in [0.25, 0.3) is 0 Å². The Balaban J connectivity index is 1.41. The lowest BCUT2D eigenvalue weighted by Gasteiger charge is -2.23. The van der Waals surface area contributed by atoms with Gasteiger partial charge in [0, 0.05) is 0 Å². The molecule has 3 heteroatoms. The van der Waals surface area contributed by atoms with Crippen molar-refractivity contribution in [2.24, 2.45) is 11.8 Å². The van der Waals surface area contributed by atoms with Gasteiger partial charge >= 0.3 is 0 Å². The highest BCUT2D eigenvalue weighted by atomic mass is 16.6. The molecule has 0 bridgehead atoms. The van der Waals surface area contributed by atoms with Crippen LogP contribution >= 0.6 is 0 Å². The summed E-state index contributed by atoms with van der Waals surface area (Å²) in [4.78, 5) is 0. The van der Waals surface area contributed by atoms with Crippen LogP contribution in [0, 0.1) is 11.8 Å². The zero-order valence-corrected chi connectivity index (χ0v) is 29.9. The van der Waals surface area contributed by atoms with E-state index in [2.05, 4.69) is 27.7 Å². The van der Waals surface area contributed by atoms with E-state index in [0.717, 1.165) is 25.0 Å². The van der Waals surface area contributed by atoms with Gasteiger partial charge in [-0.25, -0.2) is 0 Å². The second-order valence-corrected chi connectivity index (χ2v) is 15.0. The first-order chi connectivity index (χ1) is 21.1. The molecule has 6 unspecified atom stereocenters. The molecule has 2 aliphatic heterocycles. The Labute approximate surface area is 270 Å². The summed E-state index contributed by atoms with van der Waals surface area (Å²) >= 11 is 0. The third-order valence-electron chi connectivity index (χ3n) is 10.4. The first kappa shape index (κ1) is 39.1. The van der Waals surface area contributed by atoms with Crippen molar-refractivity contribution in [3.05, 3.63) is 0 Å². The van der Waals surface area contributed by atoms with Crippen molar-refractivity contribution >= 4 is 0 Å². The van der Waals surface area contributed by atoms with Gasteiger partial charge in [-0.1, -0.05) is 195 Å². The summed E-state index contributed by atoms with van der Waals surface area (Å²) in [5.74, 6) is 1.88. The number of epoxide rings is 2. The fourth-order valence-corrected chi connectivity index (χ4v) is 6.99. The lowest BCUT2D eigenvalue weighted by Crippen LogP contribution is -2.30. The number of rotatable bonds is 34. The second-order valence-electron chi connectivity index (χ2n) is 15.0. The number of hydrogen-bond acceptors (Lipinski definition) is 3. The molecule has 0 saturated carbocycles. The van der Waals surface area contributed by atoms with E-state index in [0.29, 0.717) is 24.4 Å². The summed E-state index contributed by atoms with van der Waals surface area (Å²) in [5, 5.41) is 0. The van der Waals surface area contributed by atoms with Gasteiger partial charge < -0.3 is 14.2 Å². The predicted molar refractivity (Wildman–Crippen MR) is 187 cm³/mol. The van der Waals surface area contributed by atoms with E-state index in [1.165, 1.54) is 180 Å². The minimum Gasteiger partial charge on any atom is -0.370 e. The van der Waals surface area contributed by atoms with Gasteiger partial charge in [-0.2, -0.15) is 0 Å². The van der Waals surface area contributed by atoms with E-state index < -0.39 is 0 Å². The highest BCUT2D eigenvalue weighted by Crippen LogP contribution is 2.30. The van der Waals surface area contributed by atoms with Gasteiger partial charge in [-0.3, -0.25) is 0 Å². The van der Waals surface area contributed by atoms with Gasteiger partial charge in [0.15, 0.2) is 0 Å². The highest BCUT2D eigenvalue weighted by Gasteiger charge is 2.40. The van der Waals surface area contributed by atoms with Gasteiger partial charge in [0.1, 0.15) is 12.2 Å². The first-order valence-electron chi connectivity index (χ1n) is 20.0. The average Bonchev–Trinajstić information content (AvgIpc) is 3.93. The molecule has 2 saturated heterocycles. The molecule has 2 aliphatic rings. The quantitative estimate of drug-likeness (QED) is 0.0540. The molecule has 3 nitrogen and oxygen atoms in total. The predicted octanol–water partition coefficient (Wildman–Crippen LogP) is 12.8. The minimum atomic E-state index is 0.295. The van der Waals surface area contributed by atoms with Crippen molar-refractivity contribution in [1.82, 2.24) is 0 Å². The Hall–Kier alpha value is -0.120. The molecule has 256 valence electrons. The molecule has 0 aliphatic carbocycles. The van der Waals surface area contributed by atoms with Crippen LogP contribution in [0.2, 0.25) is 0 Å². The first-order valence-corrected chi connectivity index (χ1v) is 20.0. The molecule has 0 amide bonds. The third kappa shape index (κ3) is 22.9. The molecule has 0 radical (unpaired) electrons. The maximum Gasteiger partial charge on any atom is 0.107 e. The molecule has 2 heterocycles. The largest absolute Gasteiger partial charge is 0.370 e. The van der Waals surface area contributed by atoms with Crippen LogP contribution in [0.1, 0.15) is 207 Å². The lowest BCUT2D eigenvalue weighted by atomic mass is 9.97. The topological polar surface area (TPSA) is 34.3 Å². The Morgan fingerprint density at radius 3 is 0.953 bits per heavy atom.